The molecule has 0 amide bonds. The molecule has 0 N–H and O–H groups in total. The Morgan fingerprint density at radius 3 is 2.50 bits per heavy atom. The van der Waals surface area contributed by atoms with E-state index in [1.807, 2.05) is 12.2 Å². The Bertz CT molecular complexity index is 129. The molecule has 0 heterocycles. The molecule has 1 aliphatic carbocycles. The molecule has 0 unspecified atom stereocenters. The van der Waals surface area contributed by atoms with Crippen LogP contribution in [0.15, 0.2) is 21.7 Å². The number of allylic oxidation sites excluding steroid dienone is 4. The summed E-state index contributed by atoms with van der Waals surface area (Å²) in [6, 6.07) is 0. The highest BCUT2D eigenvalue weighted by Gasteiger charge is 1.99. The van der Waals surface area contributed by atoms with E-state index < -0.39 is 0 Å². The summed E-state index contributed by atoms with van der Waals surface area (Å²) in [5.41, 5.74) is 0. The molecular weight excluding hydrogens is 187 g/mol. The highest BCUT2D eigenvalue weighted by atomic mass is 79.9. The van der Waals surface area contributed by atoms with Crippen LogP contribution >= 0.6 is 27.5 Å². The molecule has 0 nitrogen and oxygen atoms in total. The number of rotatable bonds is 0. The van der Waals surface area contributed by atoms with Gasteiger partial charge in [-0.25, -0.2) is 0 Å². The first-order valence-corrected chi connectivity index (χ1v) is 3.67. The second-order valence-electron chi connectivity index (χ2n) is 1.73. The van der Waals surface area contributed by atoms with Gasteiger partial charge in [0.25, 0.3) is 0 Å². The first-order valence-electron chi connectivity index (χ1n) is 2.50. The first kappa shape index (κ1) is 6.37. The standard InChI is InChI=1S/C6H6BrCl/c7-5-1-3-6(8)4-2-5/h1,3H,2,4H2. The summed E-state index contributed by atoms with van der Waals surface area (Å²) in [7, 11) is 0. The fraction of sp³-hybridized carbons (Fsp3) is 0.333. The van der Waals surface area contributed by atoms with E-state index in [1.165, 1.54) is 4.48 Å². The van der Waals surface area contributed by atoms with Crippen molar-refractivity contribution in [3.63, 3.8) is 0 Å². The summed E-state index contributed by atoms with van der Waals surface area (Å²) in [6.07, 6.45) is 5.95. The second-order valence-corrected chi connectivity index (χ2v) is 3.23. The molecule has 0 radical (unpaired) electrons. The Balaban J connectivity index is 2.65. The van der Waals surface area contributed by atoms with Gasteiger partial charge in [0.15, 0.2) is 0 Å². The second kappa shape index (κ2) is 2.70. The maximum atomic E-state index is 5.68. The summed E-state index contributed by atoms with van der Waals surface area (Å²) in [5.74, 6) is 0. The van der Waals surface area contributed by atoms with Crippen molar-refractivity contribution in [2.24, 2.45) is 0 Å². The lowest BCUT2D eigenvalue weighted by molar-refractivity contribution is 1.01. The normalized spacial score (nSPS) is 19.8. The summed E-state index contributed by atoms with van der Waals surface area (Å²) in [4.78, 5) is 0. The van der Waals surface area contributed by atoms with E-state index in [-0.39, 0.29) is 0 Å². The van der Waals surface area contributed by atoms with Gasteiger partial charge in [0, 0.05) is 5.03 Å². The van der Waals surface area contributed by atoms with Gasteiger partial charge in [0.1, 0.15) is 0 Å². The molecule has 0 aliphatic heterocycles. The van der Waals surface area contributed by atoms with Crippen LogP contribution in [0.4, 0.5) is 0 Å². The third-order valence-corrected chi connectivity index (χ3v) is 2.02. The Kier molecular flexibility index (Phi) is 2.15. The third kappa shape index (κ3) is 1.64. The lowest BCUT2D eigenvalue weighted by Gasteiger charge is -2.02. The van der Waals surface area contributed by atoms with E-state index >= 15 is 0 Å². The van der Waals surface area contributed by atoms with Gasteiger partial charge in [-0.15, -0.1) is 0 Å². The number of halogens is 2. The average molecular weight is 193 g/mol. The van der Waals surface area contributed by atoms with E-state index in [0.717, 1.165) is 17.9 Å². The molecule has 0 fully saturated rings. The smallest absolute Gasteiger partial charge is 0.0184 e. The van der Waals surface area contributed by atoms with Gasteiger partial charge in [0.2, 0.25) is 0 Å². The monoisotopic (exact) mass is 192 g/mol. The highest BCUT2D eigenvalue weighted by Crippen LogP contribution is 2.23. The lowest BCUT2D eigenvalue weighted by Crippen LogP contribution is -1.81. The van der Waals surface area contributed by atoms with Crippen LogP contribution in [0.3, 0.4) is 0 Å². The van der Waals surface area contributed by atoms with Gasteiger partial charge in [0.05, 0.1) is 0 Å². The molecule has 44 valence electrons. The summed E-state index contributed by atoms with van der Waals surface area (Å²) in [6.45, 7) is 0. The Morgan fingerprint density at radius 1 is 1.38 bits per heavy atom. The van der Waals surface area contributed by atoms with Crippen molar-refractivity contribution < 1.29 is 0 Å². The molecule has 0 aromatic carbocycles. The quantitative estimate of drug-likeness (QED) is 0.554. The molecular formula is C6H6BrCl. The highest BCUT2D eigenvalue weighted by molar-refractivity contribution is 9.11. The zero-order valence-electron chi connectivity index (χ0n) is 4.32. The molecule has 0 bridgehead atoms. The van der Waals surface area contributed by atoms with Crippen molar-refractivity contribution in [1.82, 2.24) is 0 Å². The van der Waals surface area contributed by atoms with Crippen molar-refractivity contribution in [2.45, 2.75) is 12.8 Å². The lowest BCUT2D eigenvalue weighted by atomic mass is 10.2. The minimum atomic E-state index is 0.952. The third-order valence-electron chi connectivity index (χ3n) is 1.05. The van der Waals surface area contributed by atoms with Crippen LogP contribution in [0.25, 0.3) is 0 Å². The Hall–Kier alpha value is 0.250. The average Bonchev–Trinajstić information content (AvgIpc) is 1.77. The van der Waals surface area contributed by atoms with Crippen LogP contribution in [0.5, 0.6) is 0 Å². The van der Waals surface area contributed by atoms with Crippen molar-refractivity contribution >= 4 is 27.5 Å². The minimum Gasteiger partial charge on any atom is -0.0891 e. The van der Waals surface area contributed by atoms with Crippen molar-refractivity contribution in [2.75, 3.05) is 0 Å². The zero-order valence-corrected chi connectivity index (χ0v) is 6.67. The van der Waals surface area contributed by atoms with Crippen LogP contribution in [0.2, 0.25) is 0 Å². The molecule has 0 atom stereocenters. The van der Waals surface area contributed by atoms with Gasteiger partial charge in [-0.1, -0.05) is 33.6 Å². The van der Waals surface area contributed by atoms with Gasteiger partial charge >= 0.3 is 0 Å². The van der Waals surface area contributed by atoms with E-state index in [1.54, 1.807) is 0 Å². The molecule has 1 rings (SSSR count). The van der Waals surface area contributed by atoms with Crippen LogP contribution in [0, 0.1) is 0 Å². The number of hydrogen-bond donors (Lipinski definition) is 0. The maximum Gasteiger partial charge on any atom is 0.0184 e. The molecule has 0 aromatic heterocycles. The predicted molar refractivity (Wildman–Crippen MR) is 40.2 cm³/mol. The van der Waals surface area contributed by atoms with Crippen molar-refractivity contribution in [3.8, 4) is 0 Å². The van der Waals surface area contributed by atoms with Crippen LogP contribution in [0.1, 0.15) is 12.8 Å². The topological polar surface area (TPSA) is 0 Å². The largest absolute Gasteiger partial charge is 0.0891 e. The SMILES string of the molecule is ClC1=CC=C(Br)CC1. The molecule has 0 saturated heterocycles. The van der Waals surface area contributed by atoms with Crippen molar-refractivity contribution in [3.05, 3.63) is 21.7 Å². The molecule has 0 saturated carbocycles. The van der Waals surface area contributed by atoms with Crippen molar-refractivity contribution in [1.29, 1.82) is 0 Å². The zero-order chi connectivity index (χ0) is 5.98. The Morgan fingerprint density at radius 2 is 2.12 bits per heavy atom. The van der Waals surface area contributed by atoms with Gasteiger partial charge in [-0.3, -0.25) is 0 Å². The molecule has 2 heteroatoms. The van der Waals surface area contributed by atoms with E-state index in [2.05, 4.69) is 15.9 Å². The summed E-state index contributed by atoms with van der Waals surface area (Å²) in [5, 5.41) is 0.952. The number of hydrogen-bond acceptors (Lipinski definition) is 0. The fourth-order valence-electron chi connectivity index (χ4n) is 0.586. The fourth-order valence-corrected chi connectivity index (χ4v) is 1.07. The molecule has 1 aliphatic rings. The van der Waals surface area contributed by atoms with Crippen LogP contribution in [-0.4, -0.2) is 0 Å². The summed E-state index contributed by atoms with van der Waals surface area (Å²) >= 11 is 9.05. The predicted octanol–water partition coefficient (Wildman–Crippen LogP) is 3.18. The van der Waals surface area contributed by atoms with Crippen LogP contribution in [-0.2, 0) is 0 Å². The summed E-state index contributed by atoms with van der Waals surface area (Å²) < 4.78 is 1.24. The van der Waals surface area contributed by atoms with Gasteiger partial charge < -0.3 is 0 Å². The van der Waals surface area contributed by atoms with E-state index in [0.29, 0.717) is 0 Å². The van der Waals surface area contributed by atoms with Gasteiger partial charge in [-0.05, 0) is 23.4 Å². The first-order chi connectivity index (χ1) is 3.79. The molecule has 8 heavy (non-hydrogen) atoms. The molecule has 0 spiro atoms. The Labute approximate surface area is 62.3 Å². The van der Waals surface area contributed by atoms with Gasteiger partial charge in [-0.2, -0.15) is 0 Å². The van der Waals surface area contributed by atoms with Crippen LogP contribution < -0.4 is 0 Å². The maximum absolute atomic E-state index is 5.68. The molecule has 0 aromatic rings. The minimum absolute atomic E-state index is 0.952. The van der Waals surface area contributed by atoms with E-state index in [9.17, 15) is 0 Å². The van der Waals surface area contributed by atoms with E-state index in [4.69, 9.17) is 11.6 Å².